The molecule has 0 spiro atoms. The fourth-order valence-electron chi connectivity index (χ4n) is 2.99. The quantitative estimate of drug-likeness (QED) is 0.802. The van der Waals surface area contributed by atoms with E-state index in [0.717, 1.165) is 31.0 Å². The molecule has 1 aromatic carbocycles. The topological polar surface area (TPSA) is 58.4 Å². The third-order valence-corrected chi connectivity index (χ3v) is 4.04. The molecule has 0 saturated carbocycles. The van der Waals surface area contributed by atoms with E-state index in [2.05, 4.69) is 55.6 Å². The second-order valence-electron chi connectivity index (χ2n) is 5.67. The number of hydrogen-bond donors (Lipinski definition) is 1. The lowest BCUT2D eigenvalue weighted by molar-refractivity contribution is 0.783. The highest BCUT2D eigenvalue weighted by atomic mass is 15.4. The van der Waals surface area contributed by atoms with E-state index in [9.17, 15) is 0 Å². The van der Waals surface area contributed by atoms with Crippen molar-refractivity contribution in [3.63, 3.8) is 0 Å². The maximum atomic E-state index is 4.37. The van der Waals surface area contributed by atoms with Gasteiger partial charge in [-0.2, -0.15) is 14.6 Å². The van der Waals surface area contributed by atoms with Crippen molar-refractivity contribution in [2.24, 2.45) is 0 Å². The summed E-state index contributed by atoms with van der Waals surface area (Å²) >= 11 is 0. The summed E-state index contributed by atoms with van der Waals surface area (Å²) in [5, 5.41) is 7.84. The van der Waals surface area contributed by atoms with Crippen LogP contribution >= 0.6 is 0 Å². The van der Waals surface area contributed by atoms with Gasteiger partial charge in [0.05, 0.1) is 0 Å². The van der Waals surface area contributed by atoms with Crippen LogP contribution in [0.5, 0.6) is 0 Å². The molecule has 3 heterocycles. The third kappa shape index (κ3) is 2.36. The van der Waals surface area contributed by atoms with Crippen molar-refractivity contribution >= 4 is 17.3 Å². The zero-order valence-corrected chi connectivity index (χ0v) is 12.5. The standard InChI is InChI=1S/C16H18N6/c1-12-9-15(22-16(19-12)17-11-18-22)20-13-7-8-21(10-13)14-5-3-2-4-6-14/h2-6,9,11,13,20H,7-8,10H2,1H3/t13-/m0/s1. The van der Waals surface area contributed by atoms with Gasteiger partial charge in [0.2, 0.25) is 0 Å². The van der Waals surface area contributed by atoms with Gasteiger partial charge in [-0.15, -0.1) is 0 Å². The van der Waals surface area contributed by atoms with Crippen molar-refractivity contribution < 1.29 is 0 Å². The Morgan fingerprint density at radius 1 is 1.23 bits per heavy atom. The summed E-state index contributed by atoms with van der Waals surface area (Å²) in [6, 6.07) is 13.0. The van der Waals surface area contributed by atoms with Gasteiger partial charge in [-0.3, -0.25) is 0 Å². The molecule has 0 bridgehead atoms. The molecule has 0 radical (unpaired) electrons. The summed E-state index contributed by atoms with van der Waals surface area (Å²) in [7, 11) is 0. The number of nitrogens with zero attached hydrogens (tertiary/aromatic N) is 5. The summed E-state index contributed by atoms with van der Waals surface area (Å²) in [4.78, 5) is 10.9. The van der Waals surface area contributed by atoms with Crippen molar-refractivity contribution in [2.45, 2.75) is 19.4 Å². The Labute approximate surface area is 128 Å². The van der Waals surface area contributed by atoms with Crippen LogP contribution in [0.4, 0.5) is 11.5 Å². The number of benzene rings is 1. The van der Waals surface area contributed by atoms with E-state index in [0.29, 0.717) is 11.8 Å². The van der Waals surface area contributed by atoms with Gasteiger partial charge >= 0.3 is 0 Å². The first kappa shape index (κ1) is 13.1. The van der Waals surface area contributed by atoms with Gasteiger partial charge in [-0.05, 0) is 25.5 Å². The maximum Gasteiger partial charge on any atom is 0.254 e. The van der Waals surface area contributed by atoms with E-state index < -0.39 is 0 Å². The highest BCUT2D eigenvalue weighted by Gasteiger charge is 2.23. The van der Waals surface area contributed by atoms with Crippen LogP contribution in [0.15, 0.2) is 42.7 Å². The Balaban J connectivity index is 1.53. The van der Waals surface area contributed by atoms with Crippen LogP contribution < -0.4 is 10.2 Å². The van der Waals surface area contributed by atoms with Gasteiger partial charge in [-0.25, -0.2) is 4.98 Å². The van der Waals surface area contributed by atoms with Crippen LogP contribution in [0.3, 0.4) is 0 Å². The smallest absolute Gasteiger partial charge is 0.254 e. The van der Waals surface area contributed by atoms with Crippen molar-refractivity contribution in [3.05, 3.63) is 48.4 Å². The van der Waals surface area contributed by atoms with Gasteiger partial charge in [0, 0.05) is 36.6 Å². The van der Waals surface area contributed by atoms with Crippen LogP contribution in [-0.2, 0) is 0 Å². The fourth-order valence-corrected chi connectivity index (χ4v) is 2.99. The molecule has 0 aliphatic carbocycles. The van der Waals surface area contributed by atoms with Crippen molar-refractivity contribution in [1.29, 1.82) is 0 Å². The van der Waals surface area contributed by atoms with E-state index in [-0.39, 0.29) is 0 Å². The summed E-state index contributed by atoms with van der Waals surface area (Å²) in [6.07, 6.45) is 2.64. The van der Waals surface area contributed by atoms with E-state index in [1.54, 1.807) is 4.52 Å². The molecule has 1 N–H and O–H groups in total. The first-order valence-electron chi connectivity index (χ1n) is 7.53. The SMILES string of the molecule is Cc1cc(N[C@H]2CCN(c3ccccc3)C2)n2ncnc2n1. The molecular weight excluding hydrogens is 276 g/mol. The monoisotopic (exact) mass is 294 g/mol. The molecule has 1 aliphatic heterocycles. The average Bonchev–Trinajstić information content (AvgIpc) is 3.17. The first-order valence-corrected chi connectivity index (χ1v) is 7.53. The molecule has 112 valence electrons. The Bertz CT molecular complexity index is 782. The van der Waals surface area contributed by atoms with Crippen LogP contribution in [0.1, 0.15) is 12.1 Å². The second kappa shape index (κ2) is 5.29. The molecule has 6 heteroatoms. The molecule has 6 nitrogen and oxygen atoms in total. The number of fused-ring (bicyclic) bond motifs is 1. The Kier molecular flexibility index (Phi) is 3.14. The minimum atomic E-state index is 0.398. The van der Waals surface area contributed by atoms with Gasteiger partial charge in [0.25, 0.3) is 5.78 Å². The summed E-state index contributed by atoms with van der Waals surface area (Å²) in [6.45, 7) is 4.03. The lowest BCUT2D eigenvalue weighted by atomic mass is 10.2. The molecule has 1 atom stereocenters. The van der Waals surface area contributed by atoms with Gasteiger partial charge < -0.3 is 10.2 Å². The molecule has 0 unspecified atom stereocenters. The molecule has 2 aromatic heterocycles. The predicted octanol–water partition coefficient (Wildman–Crippen LogP) is 2.12. The van der Waals surface area contributed by atoms with Gasteiger partial charge in [-0.1, -0.05) is 18.2 Å². The van der Waals surface area contributed by atoms with Crippen LogP contribution in [0.25, 0.3) is 5.78 Å². The molecule has 4 rings (SSSR count). The minimum absolute atomic E-state index is 0.398. The van der Waals surface area contributed by atoms with Crippen molar-refractivity contribution in [3.8, 4) is 0 Å². The summed E-state index contributed by atoms with van der Waals surface area (Å²) in [5.74, 6) is 1.60. The number of nitrogens with one attached hydrogen (secondary N) is 1. The number of aromatic nitrogens is 4. The molecule has 1 saturated heterocycles. The van der Waals surface area contributed by atoms with E-state index in [4.69, 9.17) is 0 Å². The number of hydrogen-bond acceptors (Lipinski definition) is 5. The van der Waals surface area contributed by atoms with E-state index >= 15 is 0 Å². The van der Waals surface area contributed by atoms with Gasteiger partial charge in [0.1, 0.15) is 12.1 Å². The Morgan fingerprint density at radius 2 is 2.09 bits per heavy atom. The molecular formula is C16H18N6. The number of aryl methyl sites for hydroxylation is 1. The summed E-state index contributed by atoms with van der Waals surface area (Å²) in [5.41, 5.74) is 2.23. The lowest BCUT2D eigenvalue weighted by Crippen LogP contribution is -2.27. The van der Waals surface area contributed by atoms with E-state index in [1.807, 2.05) is 13.0 Å². The minimum Gasteiger partial charge on any atom is -0.369 e. The molecule has 1 fully saturated rings. The average molecular weight is 294 g/mol. The predicted molar refractivity (Wildman–Crippen MR) is 86.2 cm³/mol. The van der Waals surface area contributed by atoms with Crippen LogP contribution in [0.2, 0.25) is 0 Å². The normalized spacial score (nSPS) is 18.0. The fraction of sp³-hybridized carbons (Fsp3) is 0.312. The maximum absolute atomic E-state index is 4.37. The largest absolute Gasteiger partial charge is 0.369 e. The molecule has 3 aromatic rings. The van der Waals surface area contributed by atoms with Crippen LogP contribution in [0, 0.1) is 6.92 Å². The lowest BCUT2D eigenvalue weighted by Gasteiger charge is -2.19. The third-order valence-electron chi connectivity index (χ3n) is 4.04. The number of rotatable bonds is 3. The number of anilines is 2. The first-order chi connectivity index (χ1) is 10.8. The van der Waals surface area contributed by atoms with Crippen molar-refractivity contribution in [2.75, 3.05) is 23.3 Å². The highest BCUT2D eigenvalue weighted by Crippen LogP contribution is 2.22. The molecule has 0 amide bonds. The highest BCUT2D eigenvalue weighted by molar-refractivity contribution is 5.50. The zero-order chi connectivity index (χ0) is 14.9. The molecule has 1 aliphatic rings. The second-order valence-corrected chi connectivity index (χ2v) is 5.67. The summed E-state index contributed by atoms with van der Waals surface area (Å²) < 4.78 is 1.76. The Hall–Kier alpha value is -2.63. The molecule has 22 heavy (non-hydrogen) atoms. The zero-order valence-electron chi connectivity index (χ0n) is 12.5. The number of para-hydroxylation sites is 1. The van der Waals surface area contributed by atoms with Crippen LogP contribution in [-0.4, -0.2) is 38.7 Å². The Morgan fingerprint density at radius 3 is 2.95 bits per heavy atom. The van der Waals surface area contributed by atoms with E-state index in [1.165, 1.54) is 12.0 Å². The van der Waals surface area contributed by atoms with Gasteiger partial charge in [0.15, 0.2) is 0 Å². The van der Waals surface area contributed by atoms with Crippen molar-refractivity contribution in [1.82, 2.24) is 19.6 Å².